The van der Waals surface area contributed by atoms with Crippen LogP contribution in [0.5, 0.6) is 0 Å². The summed E-state index contributed by atoms with van der Waals surface area (Å²) in [6, 6.07) is 11.3. The Morgan fingerprint density at radius 3 is 2.66 bits per heavy atom. The second-order valence-electron chi connectivity index (χ2n) is 7.74. The summed E-state index contributed by atoms with van der Waals surface area (Å²) in [5.74, 6) is 2.56. The Balaban J connectivity index is 0.00000120. The minimum atomic E-state index is -0.164. The van der Waals surface area contributed by atoms with E-state index in [1.807, 2.05) is 31.2 Å². The average molecular weight is 436 g/mol. The van der Waals surface area contributed by atoms with E-state index in [-0.39, 0.29) is 36.7 Å². The van der Waals surface area contributed by atoms with Crippen LogP contribution in [0, 0.1) is 24.6 Å². The second-order valence-corrected chi connectivity index (χ2v) is 7.74. The van der Waals surface area contributed by atoms with Crippen LogP contribution in [0.1, 0.15) is 17.4 Å². The van der Waals surface area contributed by atoms with Crippen LogP contribution >= 0.6 is 24.8 Å². The van der Waals surface area contributed by atoms with Gasteiger partial charge in [0.05, 0.1) is 5.39 Å². The molecule has 0 aliphatic carbocycles. The predicted octanol–water partition coefficient (Wildman–Crippen LogP) is 4.06. The molecule has 8 heteroatoms. The summed E-state index contributed by atoms with van der Waals surface area (Å²) in [4.78, 5) is 18.3. The van der Waals surface area contributed by atoms with Crippen LogP contribution < -0.4 is 4.90 Å². The number of hydrogen-bond acceptors (Lipinski definition) is 5. The zero-order chi connectivity index (χ0) is 18.5. The quantitative estimate of drug-likeness (QED) is 0.607. The number of likely N-dealkylation sites (tertiary alicyclic amines) is 1. The smallest absolute Gasteiger partial charge is 0.164 e. The van der Waals surface area contributed by atoms with Crippen molar-refractivity contribution in [3.63, 3.8) is 0 Å². The van der Waals surface area contributed by atoms with Gasteiger partial charge in [0.15, 0.2) is 5.65 Å². The zero-order valence-electron chi connectivity index (χ0n) is 16.3. The summed E-state index contributed by atoms with van der Waals surface area (Å²) in [7, 11) is 2.15. The maximum absolute atomic E-state index is 13.8. The van der Waals surface area contributed by atoms with Crippen molar-refractivity contribution in [2.45, 2.75) is 13.0 Å². The van der Waals surface area contributed by atoms with E-state index in [1.165, 1.54) is 6.07 Å². The number of rotatable bonds is 2. The van der Waals surface area contributed by atoms with Gasteiger partial charge in [-0.05, 0) is 49.7 Å². The lowest BCUT2D eigenvalue weighted by Gasteiger charge is -2.27. The van der Waals surface area contributed by atoms with Gasteiger partial charge < -0.3 is 4.90 Å². The van der Waals surface area contributed by atoms with Crippen molar-refractivity contribution in [2.24, 2.45) is 11.8 Å². The molecule has 0 bridgehead atoms. The lowest BCUT2D eigenvalue weighted by Crippen LogP contribution is -2.29. The van der Waals surface area contributed by atoms with Gasteiger partial charge in [0.1, 0.15) is 17.5 Å². The van der Waals surface area contributed by atoms with E-state index in [0.29, 0.717) is 11.8 Å². The molecule has 0 unspecified atom stereocenters. The Labute approximate surface area is 182 Å². The van der Waals surface area contributed by atoms with Gasteiger partial charge in [-0.15, -0.1) is 24.8 Å². The van der Waals surface area contributed by atoms with Crippen molar-refractivity contribution in [3.8, 4) is 0 Å². The normalized spacial score (nSPS) is 23.6. The molecule has 154 valence electrons. The summed E-state index contributed by atoms with van der Waals surface area (Å²) in [6.07, 6.45) is 1.77. The summed E-state index contributed by atoms with van der Waals surface area (Å²) in [5.41, 5.74) is 1.81. The van der Waals surface area contributed by atoms with E-state index in [2.05, 4.69) is 26.8 Å². The van der Waals surface area contributed by atoms with Crippen molar-refractivity contribution >= 4 is 41.7 Å². The van der Waals surface area contributed by atoms with Gasteiger partial charge in [0.25, 0.3) is 0 Å². The van der Waals surface area contributed by atoms with Crippen molar-refractivity contribution in [3.05, 3.63) is 59.8 Å². The molecule has 2 fully saturated rings. The van der Waals surface area contributed by atoms with E-state index in [9.17, 15) is 4.39 Å². The Morgan fingerprint density at radius 2 is 1.86 bits per heavy atom. The number of hydrogen-bond donors (Lipinski definition) is 0. The molecular weight excluding hydrogens is 412 g/mol. The molecule has 0 saturated carbocycles. The highest BCUT2D eigenvalue weighted by atomic mass is 35.5. The summed E-state index contributed by atoms with van der Waals surface area (Å²) in [5, 5.41) is 0.999. The first-order chi connectivity index (χ1) is 13.1. The van der Waals surface area contributed by atoms with Crippen molar-refractivity contribution in [2.75, 3.05) is 31.6 Å². The third kappa shape index (κ3) is 3.77. The van der Waals surface area contributed by atoms with Gasteiger partial charge in [-0.3, -0.25) is 4.90 Å². The van der Waals surface area contributed by atoms with Crippen LogP contribution in [-0.2, 0) is 0 Å². The molecule has 0 radical (unpaired) electrons. The van der Waals surface area contributed by atoms with Crippen molar-refractivity contribution in [1.82, 2.24) is 19.9 Å². The maximum Gasteiger partial charge on any atom is 0.164 e. The molecule has 5 rings (SSSR count). The summed E-state index contributed by atoms with van der Waals surface area (Å²) >= 11 is 0. The van der Waals surface area contributed by atoms with Gasteiger partial charge in [-0.25, -0.2) is 19.3 Å². The van der Waals surface area contributed by atoms with Crippen LogP contribution in [-0.4, -0.2) is 46.5 Å². The van der Waals surface area contributed by atoms with Crippen LogP contribution in [0.15, 0.2) is 42.6 Å². The highest BCUT2D eigenvalue weighted by molar-refractivity contribution is 5.87. The van der Waals surface area contributed by atoms with E-state index in [4.69, 9.17) is 4.98 Å². The van der Waals surface area contributed by atoms with E-state index in [0.717, 1.165) is 47.9 Å². The number of fused-ring (bicyclic) bond motifs is 2. The van der Waals surface area contributed by atoms with E-state index >= 15 is 0 Å². The first-order valence-electron chi connectivity index (χ1n) is 9.40. The fourth-order valence-electron chi connectivity index (χ4n) is 4.92. The molecule has 2 aliphatic heterocycles. The Bertz CT molecular complexity index is 1020. The second kappa shape index (κ2) is 8.38. The number of pyridine rings is 1. The first kappa shape index (κ1) is 21.7. The molecule has 4 heterocycles. The summed E-state index contributed by atoms with van der Waals surface area (Å²) < 4.78 is 13.8. The van der Waals surface area contributed by atoms with Crippen LogP contribution in [0.2, 0.25) is 0 Å². The first-order valence-corrected chi connectivity index (χ1v) is 9.40. The molecule has 2 saturated heterocycles. The number of aromatic nitrogens is 3. The Hall–Kier alpha value is -2.02. The van der Waals surface area contributed by atoms with E-state index in [1.54, 1.807) is 12.3 Å². The Kier molecular flexibility index (Phi) is 6.27. The van der Waals surface area contributed by atoms with Crippen LogP contribution in [0.25, 0.3) is 11.0 Å². The van der Waals surface area contributed by atoms with Gasteiger partial charge in [-0.1, -0.05) is 12.1 Å². The van der Waals surface area contributed by atoms with Crippen molar-refractivity contribution < 1.29 is 4.39 Å². The van der Waals surface area contributed by atoms with Crippen molar-refractivity contribution in [1.29, 1.82) is 0 Å². The molecule has 0 N–H and O–H groups in total. The molecule has 1 aromatic carbocycles. The highest BCUT2D eigenvalue weighted by Gasteiger charge is 2.46. The van der Waals surface area contributed by atoms with Gasteiger partial charge in [0.2, 0.25) is 0 Å². The fourth-order valence-corrected chi connectivity index (χ4v) is 4.92. The largest absolute Gasteiger partial charge is 0.355 e. The van der Waals surface area contributed by atoms with Gasteiger partial charge >= 0.3 is 0 Å². The monoisotopic (exact) mass is 435 g/mol. The molecule has 5 nitrogen and oxygen atoms in total. The molecular formula is C21H24Cl2FN5. The number of benzene rings is 1. The predicted molar refractivity (Wildman–Crippen MR) is 118 cm³/mol. The average Bonchev–Trinajstić information content (AvgIpc) is 3.17. The minimum Gasteiger partial charge on any atom is -0.355 e. The van der Waals surface area contributed by atoms with Gasteiger partial charge in [0, 0.05) is 37.8 Å². The molecule has 29 heavy (non-hydrogen) atoms. The molecule has 0 amide bonds. The fraction of sp³-hybridized carbons (Fsp3) is 0.381. The van der Waals surface area contributed by atoms with Crippen LogP contribution in [0.3, 0.4) is 0 Å². The Morgan fingerprint density at radius 1 is 1.03 bits per heavy atom. The lowest BCUT2D eigenvalue weighted by atomic mass is 9.89. The molecule has 3 aromatic rings. The minimum absolute atomic E-state index is 0. The molecule has 3 atom stereocenters. The number of nitrogens with zero attached hydrogens (tertiary/aromatic N) is 5. The third-order valence-corrected chi connectivity index (χ3v) is 5.95. The van der Waals surface area contributed by atoms with Gasteiger partial charge in [-0.2, -0.15) is 0 Å². The SMILES string of the molecule is Cc1nc(N2C[C@@H]3CN(C)[C@@H](c4cccc(F)c4)[C@@H]3C2)c2cccnc2n1.Cl.Cl. The van der Waals surface area contributed by atoms with Crippen LogP contribution in [0.4, 0.5) is 10.2 Å². The molecule has 0 spiro atoms. The zero-order valence-corrected chi connectivity index (χ0v) is 18.0. The third-order valence-electron chi connectivity index (χ3n) is 5.95. The molecule has 2 aromatic heterocycles. The standard InChI is InChI=1S/C21H22FN5.2ClH/c1-13-24-20-17(7-4-8-23-20)21(25-13)27-11-15-10-26(2)19(18(15)12-27)14-5-3-6-16(22)9-14;;/h3-9,15,18-19H,10-12H2,1-2H3;2*1H/t15-,18+,19-;;/m0../s1. The topological polar surface area (TPSA) is 45.2 Å². The maximum atomic E-state index is 13.8. The molecule has 2 aliphatic rings. The number of anilines is 1. The van der Waals surface area contributed by atoms with E-state index < -0.39 is 0 Å². The highest BCUT2D eigenvalue weighted by Crippen LogP contribution is 2.45. The number of aryl methyl sites for hydroxylation is 1. The summed E-state index contributed by atoms with van der Waals surface area (Å²) in [6.45, 7) is 4.80. The lowest BCUT2D eigenvalue weighted by molar-refractivity contribution is 0.279. The number of halogens is 3.